The molecular weight excluding hydrogens is 384 g/mol. The maximum atomic E-state index is 12.3. The van der Waals surface area contributed by atoms with Crippen LogP contribution in [0.25, 0.3) is 5.57 Å². The molecule has 0 aliphatic heterocycles. The minimum atomic E-state index is -0.0182. The minimum absolute atomic E-state index is 0.0182. The molecule has 1 aromatic heterocycles. The van der Waals surface area contributed by atoms with E-state index in [1.165, 1.54) is 47.1 Å². The molecule has 164 valence electrons. The molecule has 1 aliphatic carbocycles. The lowest BCUT2D eigenvalue weighted by Crippen LogP contribution is -2.22. The van der Waals surface area contributed by atoms with Crippen LogP contribution in [0.2, 0.25) is 0 Å². The van der Waals surface area contributed by atoms with Crippen LogP contribution < -0.4 is 10.1 Å². The first-order chi connectivity index (χ1) is 15.2. The summed E-state index contributed by atoms with van der Waals surface area (Å²) in [6.07, 6.45) is 15.9. The van der Waals surface area contributed by atoms with Crippen molar-refractivity contribution in [3.05, 3.63) is 77.1 Å². The molecule has 4 heteroatoms. The molecule has 31 heavy (non-hydrogen) atoms. The van der Waals surface area contributed by atoms with Gasteiger partial charge in [0.05, 0.1) is 7.11 Å². The second-order valence-corrected chi connectivity index (χ2v) is 8.10. The second kappa shape index (κ2) is 12.1. The SMILES string of the molecule is CCCCCC1=C(C=CC(=O)NCCCCc2cccnc2)Cc2cc(OC)ccc21. The van der Waals surface area contributed by atoms with Gasteiger partial charge in [0.15, 0.2) is 0 Å². The second-order valence-electron chi connectivity index (χ2n) is 8.10. The maximum absolute atomic E-state index is 12.3. The summed E-state index contributed by atoms with van der Waals surface area (Å²) in [5, 5.41) is 3.02. The van der Waals surface area contributed by atoms with E-state index >= 15 is 0 Å². The first-order valence-corrected chi connectivity index (χ1v) is 11.5. The molecule has 2 aromatic rings. The monoisotopic (exact) mass is 418 g/mol. The fourth-order valence-corrected chi connectivity index (χ4v) is 4.08. The van der Waals surface area contributed by atoms with Crippen LogP contribution in [-0.2, 0) is 17.6 Å². The number of aromatic nitrogens is 1. The summed E-state index contributed by atoms with van der Waals surface area (Å²) in [6, 6.07) is 10.4. The fraction of sp³-hybridized carbons (Fsp3) is 0.407. The normalized spacial score (nSPS) is 13.0. The molecule has 0 radical (unpaired) electrons. The van der Waals surface area contributed by atoms with E-state index in [1.807, 2.05) is 24.4 Å². The van der Waals surface area contributed by atoms with Crippen LogP contribution in [0.15, 0.2) is 60.5 Å². The Kier molecular flexibility index (Phi) is 8.89. The topological polar surface area (TPSA) is 51.2 Å². The zero-order valence-electron chi connectivity index (χ0n) is 18.8. The number of benzene rings is 1. The smallest absolute Gasteiger partial charge is 0.243 e. The number of hydrogen-bond donors (Lipinski definition) is 1. The van der Waals surface area contributed by atoms with Crippen LogP contribution in [0, 0.1) is 0 Å². The van der Waals surface area contributed by atoms with Gasteiger partial charge in [-0.2, -0.15) is 0 Å². The molecule has 0 unspecified atom stereocenters. The third-order valence-electron chi connectivity index (χ3n) is 5.79. The molecule has 0 saturated carbocycles. The van der Waals surface area contributed by atoms with Gasteiger partial charge in [-0.25, -0.2) is 0 Å². The molecule has 1 aliphatic rings. The molecule has 1 heterocycles. The van der Waals surface area contributed by atoms with Crippen molar-refractivity contribution in [2.45, 2.75) is 58.3 Å². The molecule has 0 bridgehead atoms. The number of carbonyl (C=O) groups excluding carboxylic acids is 1. The molecular formula is C27H34N2O2. The number of allylic oxidation sites excluding steroid dienone is 3. The average molecular weight is 419 g/mol. The number of hydrogen-bond acceptors (Lipinski definition) is 3. The molecule has 1 aromatic carbocycles. The van der Waals surface area contributed by atoms with Crippen molar-refractivity contribution in [2.75, 3.05) is 13.7 Å². The minimum Gasteiger partial charge on any atom is -0.497 e. The quantitative estimate of drug-likeness (QED) is 0.357. The maximum Gasteiger partial charge on any atom is 0.243 e. The van der Waals surface area contributed by atoms with Crippen molar-refractivity contribution in [2.24, 2.45) is 0 Å². The van der Waals surface area contributed by atoms with Crippen LogP contribution in [-0.4, -0.2) is 24.5 Å². The number of nitrogens with zero attached hydrogens (tertiary/aromatic N) is 1. The van der Waals surface area contributed by atoms with Crippen LogP contribution in [0.5, 0.6) is 5.75 Å². The van der Waals surface area contributed by atoms with Gasteiger partial charge < -0.3 is 10.1 Å². The first kappa shape index (κ1) is 22.8. The van der Waals surface area contributed by atoms with E-state index in [0.29, 0.717) is 6.54 Å². The molecule has 0 atom stereocenters. The van der Waals surface area contributed by atoms with E-state index in [1.54, 1.807) is 19.4 Å². The summed E-state index contributed by atoms with van der Waals surface area (Å²) in [7, 11) is 1.70. The number of ether oxygens (including phenoxy) is 1. The van der Waals surface area contributed by atoms with Crippen molar-refractivity contribution in [3.8, 4) is 5.75 Å². The number of pyridine rings is 1. The number of unbranched alkanes of at least 4 members (excludes halogenated alkanes) is 3. The summed E-state index contributed by atoms with van der Waals surface area (Å²) in [4.78, 5) is 16.5. The predicted octanol–water partition coefficient (Wildman–Crippen LogP) is 5.68. The van der Waals surface area contributed by atoms with Gasteiger partial charge in [0.2, 0.25) is 5.91 Å². The highest BCUT2D eigenvalue weighted by atomic mass is 16.5. The largest absolute Gasteiger partial charge is 0.497 e. The number of nitrogens with one attached hydrogen (secondary N) is 1. The third-order valence-corrected chi connectivity index (χ3v) is 5.79. The van der Waals surface area contributed by atoms with Gasteiger partial charge in [-0.3, -0.25) is 9.78 Å². The lowest BCUT2D eigenvalue weighted by Gasteiger charge is -2.08. The van der Waals surface area contributed by atoms with E-state index in [4.69, 9.17) is 4.74 Å². The number of rotatable bonds is 12. The van der Waals surface area contributed by atoms with Crippen LogP contribution in [0.3, 0.4) is 0 Å². The van der Waals surface area contributed by atoms with Gasteiger partial charge in [0.25, 0.3) is 0 Å². The Morgan fingerprint density at radius 2 is 2.03 bits per heavy atom. The lowest BCUT2D eigenvalue weighted by atomic mass is 9.99. The van der Waals surface area contributed by atoms with E-state index in [2.05, 4.69) is 35.4 Å². The van der Waals surface area contributed by atoms with Crippen molar-refractivity contribution >= 4 is 11.5 Å². The summed E-state index contributed by atoms with van der Waals surface area (Å²) in [5.74, 6) is 0.872. The van der Waals surface area contributed by atoms with Crippen molar-refractivity contribution in [1.29, 1.82) is 0 Å². The Labute approximate surface area is 186 Å². The van der Waals surface area contributed by atoms with E-state index < -0.39 is 0 Å². The average Bonchev–Trinajstić information content (AvgIpc) is 3.15. The molecule has 4 nitrogen and oxygen atoms in total. The Morgan fingerprint density at radius 1 is 1.16 bits per heavy atom. The molecule has 1 N–H and O–H groups in total. The molecule has 0 fully saturated rings. The Balaban J connectivity index is 1.52. The third kappa shape index (κ3) is 6.81. The Hall–Kier alpha value is -2.88. The Morgan fingerprint density at radius 3 is 2.81 bits per heavy atom. The van der Waals surface area contributed by atoms with Crippen molar-refractivity contribution < 1.29 is 9.53 Å². The molecule has 3 rings (SSSR count). The zero-order valence-corrected chi connectivity index (χ0v) is 18.8. The number of fused-ring (bicyclic) bond motifs is 1. The van der Waals surface area contributed by atoms with E-state index in [0.717, 1.165) is 37.9 Å². The highest BCUT2D eigenvalue weighted by Crippen LogP contribution is 2.38. The van der Waals surface area contributed by atoms with Gasteiger partial charge in [0.1, 0.15) is 5.75 Å². The Bertz CT molecular complexity index is 916. The van der Waals surface area contributed by atoms with Gasteiger partial charge in [-0.15, -0.1) is 0 Å². The van der Waals surface area contributed by atoms with Crippen molar-refractivity contribution in [1.82, 2.24) is 10.3 Å². The zero-order chi connectivity index (χ0) is 21.9. The highest BCUT2D eigenvalue weighted by Gasteiger charge is 2.20. The van der Waals surface area contributed by atoms with Crippen molar-refractivity contribution in [3.63, 3.8) is 0 Å². The summed E-state index contributed by atoms with van der Waals surface area (Å²) < 4.78 is 5.39. The van der Waals surface area contributed by atoms with Crippen LogP contribution in [0.1, 0.15) is 62.1 Å². The van der Waals surface area contributed by atoms with E-state index in [-0.39, 0.29) is 5.91 Å². The number of carbonyl (C=O) groups is 1. The summed E-state index contributed by atoms with van der Waals surface area (Å²) in [6.45, 7) is 2.92. The van der Waals surface area contributed by atoms with Crippen LogP contribution in [0.4, 0.5) is 0 Å². The number of amides is 1. The van der Waals surface area contributed by atoms with Gasteiger partial charge in [-0.05, 0) is 84.6 Å². The predicted molar refractivity (Wildman–Crippen MR) is 127 cm³/mol. The number of methoxy groups -OCH3 is 1. The molecule has 0 saturated heterocycles. The summed E-state index contributed by atoms with van der Waals surface area (Å²) in [5.41, 5.74) is 6.49. The molecule has 0 spiro atoms. The highest BCUT2D eigenvalue weighted by molar-refractivity contribution is 5.89. The van der Waals surface area contributed by atoms with Gasteiger partial charge >= 0.3 is 0 Å². The standard InChI is InChI=1S/C27H34N2O2/c1-3-4-5-11-25-22(18-23-19-24(31-2)13-14-26(23)25)12-15-27(30)29-17-7-6-9-21-10-8-16-28-20-21/h8,10,12-16,19-20H,3-7,9,11,17-18H2,1-2H3,(H,29,30). The fourth-order valence-electron chi connectivity index (χ4n) is 4.08. The molecule has 1 amide bonds. The van der Waals surface area contributed by atoms with Gasteiger partial charge in [0, 0.05) is 25.0 Å². The number of aryl methyl sites for hydroxylation is 1. The summed E-state index contributed by atoms with van der Waals surface area (Å²) >= 11 is 0. The van der Waals surface area contributed by atoms with E-state index in [9.17, 15) is 4.79 Å². The lowest BCUT2D eigenvalue weighted by molar-refractivity contribution is -0.116. The van der Waals surface area contributed by atoms with Crippen LogP contribution >= 0.6 is 0 Å². The first-order valence-electron chi connectivity index (χ1n) is 11.5. The van der Waals surface area contributed by atoms with Gasteiger partial charge in [-0.1, -0.05) is 38.0 Å².